The molecule has 1 aromatic heterocycles. The summed E-state index contributed by atoms with van der Waals surface area (Å²) in [5.41, 5.74) is 34.2. The molecule has 0 spiro atoms. The van der Waals surface area contributed by atoms with Gasteiger partial charge >= 0.3 is 0 Å². The second-order valence-corrected chi connectivity index (χ2v) is 28.6. The van der Waals surface area contributed by atoms with Gasteiger partial charge in [-0.15, -0.1) is 11.3 Å². The van der Waals surface area contributed by atoms with Crippen molar-refractivity contribution in [1.82, 2.24) is 0 Å². The average Bonchev–Trinajstić information content (AvgIpc) is 4.23. The zero-order valence-electron chi connectivity index (χ0n) is 48.3. The van der Waals surface area contributed by atoms with Gasteiger partial charge in [0.1, 0.15) is 0 Å². The maximum Gasteiger partial charge on any atom is 0.192 e. The molecular weight excluding hydrogens is 936 g/mol. The van der Waals surface area contributed by atoms with Crippen molar-refractivity contribution in [3.8, 4) is 22.3 Å². The molecule has 5 aliphatic carbocycles. The lowest BCUT2D eigenvalue weighted by atomic mass is 9.56. The van der Waals surface area contributed by atoms with Crippen molar-refractivity contribution in [2.75, 3.05) is 10.2 Å². The van der Waals surface area contributed by atoms with Gasteiger partial charge in [0.25, 0.3) is 0 Å². The van der Waals surface area contributed by atoms with Gasteiger partial charge in [-0.25, -0.2) is 0 Å². The maximum absolute atomic E-state index is 4.26. The maximum atomic E-state index is 4.26. The molecule has 0 amide bonds. The van der Waals surface area contributed by atoms with Gasteiger partial charge in [0.05, 0.1) is 0 Å². The molecule has 76 heavy (non-hydrogen) atoms. The summed E-state index contributed by atoms with van der Waals surface area (Å²) in [5.74, 6) is 0.590. The van der Waals surface area contributed by atoms with Crippen molar-refractivity contribution >= 4 is 68.7 Å². The third kappa shape index (κ3) is 8.15. The van der Waals surface area contributed by atoms with Crippen LogP contribution in [-0.4, -0.2) is 7.28 Å². The molecule has 6 aromatic carbocycles. The van der Waals surface area contributed by atoms with E-state index in [0.717, 1.165) is 33.0 Å². The molecule has 2 heterocycles. The molecule has 0 unspecified atom stereocenters. The third-order valence-electron chi connectivity index (χ3n) is 19.9. The Kier molecular flexibility index (Phi) is 11.7. The lowest BCUT2D eigenvalue weighted by Crippen LogP contribution is -2.38. The number of rotatable bonds is 7. The van der Waals surface area contributed by atoms with Gasteiger partial charge in [-0.05, 0) is 271 Å². The number of thiophene rings is 1. The molecule has 4 heteroatoms. The molecule has 0 atom stereocenters. The van der Waals surface area contributed by atoms with Crippen LogP contribution in [0.2, 0.25) is 0 Å². The summed E-state index contributed by atoms with van der Waals surface area (Å²) >= 11 is 1.99. The number of hydrogen-bond acceptors (Lipinski definition) is 3. The molecule has 1 N–H and O–H groups in total. The van der Waals surface area contributed by atoms with Gasteiger partial charge in [-0.3, -0.25) is 0 Å². The lowest BCUT2D eigenvalue weighted by molar-refractivity contribution is 0.331. The van der Waals surface area contributed by atoms with E-state index in [0.29, 0.717) is 5.92 Å². The van der Waals surface area contributed by atoms with E-state index in [9.17, 15) is 0 Å². The molecule has 1 fully saturated rings. The van der Waals surface area contributed by atoms with Crippen LogP contribution < -0.4 is 15.7 Å². The van der Waals surface area contributed by atoms with Crippen LogP contribution in [0.25, 0.3) is 44.1 Å². The SMILES string of the molecule is CC1=C(c2cc3c(cc2C2CC2)C(C)(C)CCC3(C)C)N(c2cc3c(cc2C)C(C)(C)CCC3(C)C)c2cc(-c3c(C)cc(C)cc3C)cc(-c3cc4c(cc3Nc3cccc5sc6c(c35)C=CCC6)CCCC4)c2B1. The Bertz CT molecular complexity index is 3650. The van der Waals surface area contributed by atoms with Crippen LogP contribution in [-0.2, 0) is 40.9 Å². The fourth-order valence-corrected chi connectivity index (χ4v) is 16.4. The van der Waals surface area contributed by atoms with Crippen LogP contribution in [0.4, 0.5) is 22.7 Å². The first-order chi connectivity index (χ1) is 36.2. The van der Waals surface area contributed by atoms with Crippen LogP contribution in [0.3, 0.4) is 0 Å². The highest BCUT2D eigenvalue weighted by Crippen LogP contribution is 2.56. The molecule has 13 rings (SSSR count). The minimum Gasteiger partial charge on any atom is -0.354 e. The Balaban J connectivity index is 1.13. The standard InChI is InChI=1S/C72H81BN2S/c1-41-31-43(3)65(44(4)32-41)49-35-53(52-34-47-19-14-15-20-48(47)36-60(52)74-59-22-18-24-64-66(59)50-21-16-17-23-63(50)76-64)67-62(37-49)75(61-40-58-55(33-42(61)2)69(6,7)27-30-72(58,12)13)68(45(5)73-67)54-39-57-56(38-51(54)46-25-26-46)70(8,9)28-29-71(57,10)11/h16,18,21-22,24,31-40,46,73-74H,14-15,17,19-20,23,25-30H2,1-13H3. The number of allylic oxidation sites excluding steroid dienone is 2. The Morgan fingerprint density at radius 1 is 0.592 bits per heavy atom. The molecule has 6 aliphatic rings. The van der Waals surface area contributed by atoms with E-state index in [4.69, 9.17) is 0 Å². The molecule has 388 valence electrons. The van der Waals surface area contributed by atoms with Crippen LogP contribution in [0.1, 0.15) is 203 Å². The number of aryl methyl sites for hydroxylation is 7. The Labute approximate surface area is 460 Å². The molecule has 0 saturated heterocycles. The quantitative estimate of drug-likeness (QED) is 0.160. The van der Waals surface area contributed by atoms with E-state index in [2.05, 4.69) is 191 Å². The monoisotopic (exact) mass is 1020 g/mol. The first-order valence-corrected chi connectivity index (χ1v) is 30.2. The molecule has 1 aliphatic heterocycles. The first kappa shape index (κ1) is 50.0. The van der Waals surface area contributed by atoms with Crippen molar-refractivity contribution < 1.29 is 0 Å². The highest BCUT2D eigenvalue weighted by atomic mass is 32.1. The summed E-state index contributed by atoms with van der Waals surface area (Å²) in [6.45, 7) is 32.0. The second kappa shape index (κ2) is 17.7. The smallest absolute Gasteiger partial charge is 0.192 e. The van der Waals surface area contributed by atoms with Crippen molar-refractivity contribution in [3.63, 3.8) is 0 Å². The highest BCUT2D eigenvalue weighted by Gasteiger charge is 2.43. The van der Waals surface area contributed by atoms with E-state index in [-0.39, 0.29) is 21.7 Å². The molecule has 7 aromatic rings. The van der Waals surface area contributed by atoms with E-state index < -0.39 is 0 Å². The van der Waals surface area contributed by atoms with E-state index in [1.54, 1.807) is 16.7 Å². The zero-order chi connectivity index (χ0) is 53.0. The van der Waals surface area contributed by atoms with Gasteiger partial charge in [0.2, 0.25) is 0 Å². The Morgan fingerprint density at radius 2 is 1.22 bits per heavy atom. The number of fused-ring (bicyclic) bond motifs is 7. The lowest BCUT2D eigenvalue weighted by Gasteiger charge is -2.45. The van der Waals surface area contributed by atoms with Gasteiger partial charge in [0, 0.05) is 54.5 Å². The van der Waals surface area contributed by atoms with Gasteiger partial charge in [0.15, 0.2) is 7.28 Å². The molecule has 0 bridgehead atoms. The van der Waals surface area contributed by atoms with Gasteiger partial charge < -0.3 is 10.2 Å². The second-order valence-electron chi connectivity index (χ2n) is 27.5. The van der Waals surface area contributed by atoms with Crippen molar-refractivity contribution in [2.24, 2.45) is 0 Å². The summed E-state index contributed by atoms with van der Waals surface area (Å²) in [6, 6.07) is 33.0. The predicted molar refractivity (Wildman–Crippen MR) is 332 cm³/mol. The fraction of sp³-hybridized carbons (Fsp3) is 0.417. The molecule has 1 saturated carbocycles. The van der Waals surface area contributed by atoms with Crippen LogP contribution >= 0.6 is 11.3 Å². The number of nitrogens with zero attached hydrogens (tertiary/aromatic N) is 1. The summed E-state index contributed by atoms with van der Waals surface area (Å²) in [5, 5.41) is 5.63. The Hall–Kier alpha value is -5.58. The molecule has 2 nitrogen and oxygen atoms in total. The Morgan fingerprint density at radius 3 is 1.89 bits per heavy atom. The van der Waals surface area contributed by atoms with Gasteiger partial charge in [-0.2, -0.15) is 0 Å². The predicted octanol–water partition coefficient (Wildman–Crippen LogP) is 19.2. The van der Waals surface area contributed by atoms with E-state index in [1.807, 2.05) is 11.3 Å². The van der Waals surface area contributed by atoms with Crippen LogP contribution in [0, 0.1) is 27.7 Å². The van der Waals surface area contributed by atoms with Gasteiger partial charge in [-0.1, -0.05) is 109 Å². The highest BCUT2D eigenvalue weighted by molar-refractivity contribution is 7.19. The summed E-state index contributed by atoms with van der Waals surface area (Å²) in [4.78, 5) is 4.36. The van der Waals surface area contributed by atoms with Crippen LogP contribution in [0.15, 0.2) is 90.4 Å². The molecular formula is C72H81BN2S. The summed E-state index contributed by atoms with van der Waals surface area (Å²) < 4.78 is 1.38. The summed E-state index contributed by atoms with van der Waals surface area (Å²) in [7, 11) is 0.885. The van der Waals surface area contributed by atoms with Crippen LogP contribution in [0.5, 0.6) is 0 Å². The number of hydrogen-bond donors (Lipinski definition) is 1. The number of benzene rings is 6. The topological polar surface area (TPSA) is 15.3 Å². The van der Waals surface area contributed by atoms with Crippen molar-refractivity contribution in [2.45, 2.75) is 195 Å². The minimum atomic E-state index is 0.0542. The first-order valence-electron chi connectivity index (χ1n) is 29.4. The minimum absolute atomic E-state index is 0.0542. The summed E-state index contributed by atoms with van der Waals surface area (Å²) in [6.07, 6.45) is 19.1. The largest absolute Gasteiger partial charge is 0.354 e. The fourth-order valence-electron chi connectivity index (χ4n) is 15.2. The van der Waals surface area contributed by atoms with Crippen molar-refractivity contribution in [3.05, 3.63) is 168 Å². The average molecular weight is 1020 g/mol. The third-order valence-corrected chi connectivity index (χ3v) is 21.1. The van der Waals surface area contributed by atoms with E-state index in [1.165, 1.54) is 184 Å². The molecule has 0 radical (unpaired) electrons. The zero-order valence-corrected chi connectivity index (χ0v) is 49.1. The van der Waals surface area contributed by atoms with E-state index >= 15 is 0 Å². The normalized spacial score (nSPS) is 19.6. The number of nitrogens with one attached hydrogen (secondary N) is 1. The van der Waals surface area contributed by atoms with Crippen molar-refractivity contribution in [1.29, 1.82) is 0 Å². The number of anilines is 4.